The zero-order valence-electron chi connectivity index (χ0n) is 26.7. The zero-order valence-corrected chi connectivity index (χ0v) is 26.7. The molecule has 0 radical (unpaired) electrons. The van der Waals surface area contributed by atoms with Gasteiger partial charge in [0.1, 0.15) is 22.9 Å². The Hall–Kier alpha value is -3.96. The topological polar surface area (TPSA) is 143 Å². The maximum absolute atomic E-state index is 12.8. The predicted octanol–water partition coefficient (Wildman–Crippen LogP) is 3.54. The minimum atomic E-state index is -0.685. The van der Waals surface area contributed by atoms with Crippen LogP contribution in [0.2, 0.25) is 0 Å². The minimum absolute atomic E-state index is 0.0512. The van der Waals surface area contributed by atoms with Crippen molar-refractivity contribution in [2.75, 3.05) is 40.4 Å². The molecule has 0 bridgehead atoms. The number of carbonyl (C=O) groups excluding carboxylic acids is 4. The fraction of sp³-hybridized carbons (Fsp3) is 0.515. The number of phenols is 2. The average molecular weight is 615 g/mol. The summed E-state index contributed by atoms with van der Waals surface area (Å²) in [5.74, 6) is -1.05. The second-order valence-corrected chi connectivity index (χ2v) is 11.8. The molecular formula is C33H46N2O9. The van der Waals surface area contributed by atoms with Crippen LogP contribution >= 0.6 is 0 Å². The van der Waals surface area contributed by atoms with E-state index in [4.69, 9.17) is 14.2 Å². The van der Waals surface area contributed by atoms with Crippen LogP contribution in [0.4, 0.5) is 0 Å². The molecule has 0 heterocycles. The monoisotopic (exact) mass is 614 g/mol. The van der Waals surface area contributed by atoms with Gasteiger partial charge < -0.3 is 24.4 Å². The first kappa shape index (κ1) is 36.2. The first-order valence-electron chi connectivity index (χ1n) is 14.6. The molecular weight excluding hydrogens is 568 g/mol. The molecule has 0 amide bonds. The van der Waals surface area contributed by atoms with Gasteiger partial charge in [-0.3, -0.25) is 29.0 Å². The summed E-state index contributed by atoms with van der Waals surface area (Å²) in [5.41, 5.74) is 2.17. The van der Waals surface area contributed by atoms with Crippen molar-refractivity contribution in [3.05, 3.63) is 58.7 Å². The van der Waals surface area contributed by atoms with E-state index in [-0.39, 0.29) is 68.2 Å². The predicted molar refractivity (Wildman–Crippen MR) is 164 cm³/mol. The van der Waals surface area contributed by atoms with Crippen molar-refractivity contribution in [2.45, 2.75) is 72.1 Å². The molecule has 0 fully saturated rings. The number of aryl methyl sites for hydroxylation is 2. The molecule has 2 N–H and O–H groups in total. The van der Waals surface area contributed by atoms with Gasteiger partial charge in [0.15, 0.2) is 0 Å². The van der Waals surface area contributed by atoms with Crippen LogP contribution in [0, 0.1) is 0 Å². The first-order valence-corrected chi connectivity index (χ1v) is 14.6. The summed E-state index contributed by atoms with van der Waals surface area (Å²) in [6.45, 7) is 8.04. The average Bonchev–Trinajstić information content (AvgIpc) is 2.94. The van der Waals surface area contributed by atoms with Gasteiger partial charge in [0.2, 0.25) is 0 Å². The van der Waals surface area contributed by atoms with E-state index in [1.54, 1.807) is 51.1 Å². The molecule has 0 saturated carbocycles. The van der Waals surface area contributed by atoms with Gasteiger partial charge >= 0.3 is 17.9 Å². The van der Waals surface area contributed by atoms with Crippen LogP contribution < -0.4 is 0 Å². The highest BCUT2D eigenvalue weighted by atomic mass is 16.6. The number of hydrogen-bond acceptors (Lipinski definition) is 11. The van der Waals surface area contributed by atoms with Gasteiger partial charge in [0.25, 0.3) is 0 Å². The summed E-state index contributed by atoms with van der Waals surface area (Å²) in [5, 5.41) is 21.2. The summed E-state index contributed by atoms with van der Waals surface area (Å²) in [6.07, 6.45) is 1.27. The largest absolute Gasteiger partial charge is 0.508 e. The van der Waals surface area contributed by atoms with E-state index in [1.807, 2.05) is 15.9 Å². The molecule has 0 saturated heterocycles. The Bertz CT molecular complexity index is 1290. The highest BCUT2D eigenvalue weighted by Crippen LogP contribution is 2.23. The van der Waals surface area contributed by atoms with E-state index in [2.05, 4.69) is 0 Å². The SMILES string of the molecule is COC(=O)CCc1ccc(O)c(CN(CCN(CC(=O)OC(C)(C)C)Cc2cc(CCC(=O)OC)ccc2O)CC(C)=O)c1. The highest BCUT2D eigenvalue weighted by Gasteiger charge is 2.22. The van der Waals surface area contributed by atoms with Gasteiger partial charge in [-0.15, -0.1) is 0 Å². The van der Waals surface area contributed by atoms with Gasteiger partial charge in [-0.2, -0.15) is 0 Å². The van der Waals surface area contributed by atoms with E-state index < -0.39 is 11.6 Å². The summed E-state index contributed by atoms with van der Waals surface area (Å²) < 4.78 is 15.0. The summed E-state index contributed by atoms with van der Waals surface area (Å²) in [7, 11) is 2.66. The van der Waals surface area contributed by atoms with Gasteiger partial charge in [0.05, 0.1) is 27.3 Å². The van der Waals surface area contributed by atoms with Crippen LogP contribution in [-0.4, -0.2) is 89.7 Å². The van der Waals surface area contributed by atoms with E-state index in [0.717, 1.165) is 11.1 Å². The minimum Gasteiger partial charge on any atom is -0.508 e. The Kier molecular flexibility index (Phi) is 14.3. The van der Waals surface area contributed by atoms with Crippen LogP contribution in [0.25, 0.3) is 0 Å². The number of phenolic OH excluding ortho intramolecular Hbond substituents is 2. The second-order valence-electron chi connectivity index (χ2n) is 11.8. The lowest BCUT2D eigenvalue weighted by Gasteiger charge is -2.28. The van der Waals surface area contributed by atoms with E-state index in [9.17, 15) is 29.4 Å². The number of benzene rings is 2. The number of methoxy groups -OCH3 is 2. The van der Waals surface area contributed by atoms with Crippen LogP contribution in [0.5, 0.6) is 11.5 Å². The Morgan fingerprint density at radius 3 is 1.52 bits per heavy atom. The molecule has 44 heavy (non-hydrogen) atoms. The number of aromatic hydroxyl groups is 2. The summed E-state index contributed by atoms with van der Waals surface area (Å²) >= 11 is 0. The number of carbonyl (C=O) groups is 4. The molecule has 0 aliphatic heterocycles. The standard InChI is InChI=1S/C33H46N2O9/c1-23(36)19-34(20-26-17-24(7-11-28(26)37)9-13-30(39)42-5)15-16-35(22-32(41)44-33(2,3)4)21-27-18-25(8-12-29(27)38)10-14-31(40)43-6/h7-8,11-12,17-18,37-38H,9-10,13-16,19-22H2,1-6H3. The Morgan fingerprint density at radius 1 is 0.705 bits per heavy atom. The lowest BCUT2D eigenvalue weighted by Crippen LogP contribution is -2.40. The molecule has 0 atom stereocenters. The second kappa shape index (κ2) is 17.4. The smallest absolute Gasteiger partial charge is 0.320 e. The molecule has 2 aromatic carbocycles. The van der Waals surface area contributed by atoms with Crippen LogP contribution in [0.1, 0.15) is 62.8 Å². The summed E-state index contributed by atoms with van der Waals surface area (Å²) in [4.78, 5) is 51.9. The molecule has 11 heteroatoms. The van der Waals surface area contributed by atoms with Crippen LogP contribution in [-0.2, 0) is 59.3 Å². The van der Waals surface area contributed by atoms with Gasteiger partial charge in [0, 0.05) is 50.1 Å². The van der Waals surface area contributed by atoms with E-state index >= 15 is 0 Å². The maximum atomic E-state index is 12.8. The molecule has 11 nitrogen and oxygen atoms in total. The number of rotatable bonds is 17. The Morgan fingerprint density at radius 2 is 1.14 bits per heavy atom. The number of ether oxygens (including phenoxy) is 3. The van der Waals surface area contributed by atoms with E-state index in [0.29, 0.717) is 37.1 Å². The molecule has 0 aromatic heterocycles. The van der Waals surface area contributed by atoms with Gasteiger partial charge in [-0.1, -0.05) is 24.3 Å². The molecule has 242 valence electrons. The van der Waals surface area contributed by atoms with Crippen LogP contribution in [0.15, 0.2) is 36.4 Å². The lowest BCUT2D eigenvalue weighted by atomic mass is 10.0. The lowest BCUT2D eigenvalue weighted by molar-refractivity contribution is -0.156. The van der Waals surface area contributed by atoms with Crippen LogP contribution in [0.3, 0.4) is 0 Å². The quantitative estimate of drug-likeness (QED) is 0.200. The summed E-state index contributed by atoms with van der Waals surface area (Å²) in [6, 6.07) is 10.2. The van der Waals surface area contributed by atoms with E-state index in [1.165, 1.54) is 21.1 Å². The van der Waals surface area contributed by atoms with Crippen molar-refractivity contribution in [1.29, 1.82) is 0 Å². The first-order chi connectivity index (χ1) is 20.7. The number of esters is 3. The molecule has 2 rings (SSSR count). The van der Waals surface area contributed by atoms with Crippen molar-refractivity contribution in [1.82, 2.24) is 9.80 Å². The molecule has 0 spiro atoms. The molecule has 0 unspecified atom stereocenters. The number of nitrogens with zero attached hydrogens (tertiary/aromatic N) is 2. The zero-order chi connectivity index (χ0) is 32.9. The van der Waals surface area contributed by atoms with Crippen molar-refractivity contribution in [3.8, 4) is 11.5 Å². The Labute approximate surface area is 259 Å². The normalized spacial score (nSPS) is 11.5. The van der Waals surface area contributed by atoms with Gasteiger partial charge in [-0.05, 0) is 63.8 Å². The number of Topliss-reactive ketones (excluding diaryl/α,β-unsaturated/α-hetero) is 1. The molecule has 0 aliphatic carbocycles. The third-order valence-corrected chi connectivity index (χ3v) is 6.72. The number of hydrogen-bond donors (Lipinski definition) is 2. The van der Waals surface area contributed by atoms with Crippen molar-refractivity contribution in [3.63, 3.8) is 0 Å². The third kappa shape index (κ3) is 13.6. The molecule has 2 aromatic rings. The van der Waals surface area contributed by atoms with Crippen molar-refractivity contribution in [2.24, 2.45) is 0 Å². The fourth-order valence-corrected chi connectivity index (χ4v) is 4.60. The molecule has 0 aliphatic rings. The maximum Gasteiger partial charge on any atom is 0.320 e. The fourth-order valence-electron chi connectivity index (χ4n) is 4.60. The third-order valence-electron chi connectivity index (χ3n) is 6.72. The van der Waals surface area contributed by atoms with Crippen molar-refractivity contribution >= 4 is 23.7 Å². The van der Waals surface area contributed by atoms with Crippen molar-refractivity contribution < 1.29 is 43.6 Å². The number of ketones is 1. The Balaban J connectivity index is 2.26. The highest BCUT2D eigenvalue weighted by molar-refractivity contribution is 5.77. The van der Waals surface area contributed by atoms with Gasteiger partial charge in [-0.25, -0.2) is 0 Å².